The molecule has 1 aromatic carbocycles. The number of hydrogen-bond acceptors (Lipinski definition) is 13. The molecule has 0 aromatic heterocycles. The van der Waals surface area contributed by atoms with Crippen molar-refractivity contribution in [2.75, 3.05) is 114 Å². The van der Waals surface area contributed by atoms with Crippen LogP contribution in [0.1, 0.15) is 19.4 Å². The first kappa shape index (κ1) is 43.8. The average Bonchev–Trinajstić information content (AvgIpc) is 3.05. The van der Waals surface area contributed by atoms with Crippen LogP contribution in [0.15, 0.2) is 24.3 Å². The van der Waals surface area contributed by atoms with E-state index < -0.39 is 18.4 Å². The van der Waals surface area contributed by atoms with Crippen LogP contribution in [-0.2, 0) is 61.0 Å². The molecule has 0 bridgehead atoms. The lowest BCUT2D eigenvalue weighted by molar-refractivity contribution is -0.177. The van der Waals surface area contributed by atoms with Crippen LogP contribution in [0.4, 0.5) is 0 Å². The highest BCUT2D eigenvalue weighted by atomic mass is 32.5. The molecule has 0 aliphatic carbocycles. The summed E-state index contributed by atoms with van der Waals surface area (Å²) in [5.74, 6) is -0.830. The van der Waals surface area contributed by atoms with E-state index in [9.17, 15) is 19.3 Å². The first-order chi connectivity index (χ1) is 23.0. The predicted octanol–water partition coefficient (Wildman–Crippen LogP) is -0.306. The number of carbonyl (C=O) groups excluding carboxylic acids is 3. The molecule has 0 saturated heterocycles. The molecule has 2 unspecified atom stereocenters. The predicted molar refractivity (Wildman–Crippen MR) is 183 cm³/mol. The molecule has 0 spiro atoms. The first-order valence-electron chi connectivity index (χ1n) is 15.9. The van der Waals surface area contributed by atoms with Gasteiger partial charge in [-0.05, 0) is 24.1 Å². The van der Waals surface area contributed by atoms with E-state index in [1.165, 1.54) is 4.90 Å². The Morgan fingerprint density at radius 3 is 1.58 bits per heavy atom. The zero-order chi connectivity index (χ0) is 35.6. The maximum atomic E-state index is 13.7. The molecule has 0 heterocycles. The molecular formula is C31H54N4O11PS-. The summed E-state index contributed by atoms with van der Waals surface area (Å²) < 4.78 is 36.8. The number of hydrogen-bond donors (Lipinski definition) is 3. The number of amides is 3. The van der Waals surface area contributed by atoms with E-state index in [-0.39, 0.29) is 76.4 Å². The van der Waals surface area contributed by atoms with E-state index in [1.54, 1.807) is 59.4 Å². The Kier molecular flexibility index (Phi) is 24.3. The zero-order valence-corrected chi connectivity index (χ0v) is 30.6. The fourth-order valence-corrected chi connectivity index (χ4v) is 4.81. The maximum absolute atomic E-state index is 13.7. The van der Waals surface area contributed by atoms with Crippen molar-refractivity contribution >= 4 is 36.0 Å². The third kappa shape index (κ3) is 20.3. The van der Waals surface area contributed by atoms with Crippen LogP contribution in [0.2, 0.25) is 0 Å². The lowest BCUT2D eigenvalue weighted by Crippen LogP contribution is -2.54. The number of nitrogens with one attached hydrogen (secondary N) is 3. The van der Waals surface area contributed by atoms with Gasteiger partial charge in [-0.3, -0.25) is 19.3 Å². The Labute approximate surface area is 289 Å². The van der Waals surface area contributed by atoms with Gasteiger partial charge in [0.15, 0.2) is 0 Å². The van der Waals surface area contributed by atoms with Gasteiger partial charge in [-0.1, -0.05) is 37.8 Å². The lowest BCUT2D eigenvalue weighted by Gasteiger charge is -2.32. The van der Waals surface area contributed by atoms with E-state index in [0.29, 0.717) is 51.0 Å². The topological polar surface area (TPSA) is 178 Å². The van der Waals surface area contributed by atoms with E-state index in [0.717, 1.165) is 0 Å². The molecule has 15 nitrogen and oxygen atoms in total. The number of carbonyl (C=O) groups is 3. The lowest BCUT2D eigenvalue weighted by atomic mass is 10.0. The molecular weight excluding hydrogens is 667 g/mol. The Morgan fingerprint density at radius 2 is 1.17 bits per heavy atom. The monoisotopic (exact) mass is 721 g/mol. The van der Waals surface area contributed by atoms with Crippen LogP contribution < -0.4 is 25.4 Å². The SMILES string of the molecule is COCCOCCNC(=O)CN(CC(=O)NCCOCCOC)C(Cc1ccc(OP([O-])(=S)C(C)C)cc1)C(=O)NCCOCCOC. The number of benzene rings is 1. The number of methoxy groups -OCH3 is 3. The highest BCUT2D eigenvalue weighted by Crippen LogP contribution is 2.43. The van der Waals surface area contributed by atoms with E-state index in [4.69, 9.17) is 44.8 Å². The summed E-state index contributed by atoms with van der Waals surface area (Å²) in [5, 5.41) is 8.41. The fourth-order valence-electron chi connectivity index (χ4n) is 3.93. The summed E-state index contributed by atoms with van der Waals surface area (Å²) in [5.41, 5.74) is 0.380. The summed E-state index contributed by atoms with van der Waals surface area (Å²) in [6.07, 6.45) is 0.146. The second-order valence-corrected chi connectivity index (χ2v) is 14.6. The van der Waals surface area contributed by atoms with Crippen LogP contribution in [-0.4, -0.2) is 148 Å². The summed E-state index contributed by atoms with van der Waals surface area (Å²) >= 11 is 5.14. The first-order valence-corrected chi connectivity index (χ1v) is 18.6. The Balaban J connectivity index is 3.14. The molecule has 0 aliphatic heterocycles. The van der Waals surface area contributed by atoms with Gasteiger partial charge in [0.1, 0.15) is 5.75 Å². The van der Waals surface area contributed by atoms with Crippen molar-refractivity contribution < 1.29 is 52.2 Å². The van der Waals surface area contributed by atoms with Crippen LogP contribution in [0.3, 0.4) is 0 Å². The molecule has 1 rings (SSSR count). The van der Waals surface area contributed by atoms with Crippen molar-refractivity contribution in [3.05, 3.63) is 29.8 Å². The minimum atomic E-state index is -3.28. The van der Waals surface area contributed by atoms with Gasteiger partial charge in [0.05, 0.1) is 78.6 Å². The third-order valence-corrected chi connectivity index (χ3v) is 9.85. The fraction of sp³-hybridized carbons (Fsp3) is 0.710. The van der Waals surface area contributed by atoms with Crippen LogP contribution in [0, 0.1) is 0 Å². The molecule has 3 N–H and O–H groups in total. The van der Waals surface area contributed by atoms with Gasteiger partial charge >= 0.3 is 0 Å². The van der Waals surface area contributed by atoms with Crippen LogP contribution in [0.5, 0.6) is 5.75 Å². The molecule has 0 fully saturated rings. The van der Waals surface area contributed by atoms with Crippen LogP contribution >= 0.6 is 6.49 Å². The van der Waals surface area contributed by atoms with Gasteiger partial charge in [0.25, 0.3) is 0 Å². The largest absolute Gasteiger partial charge is 0.791 e. The highest BCUT2D eigenvalue weighted by molar-refractivity contribution is 8.09. The molecule has 276 valence electrons. The van der Waals surface area contributed by atoms with Crippen molar-refractivity contribution in [2.24, 2.45) is 0 Å². The summed E-state index contributed by atoms with van der Waals surface area (Å²) in [6.45, 7) is 3.60. The minimum Gasteiger partial charge on any atom is -0.791 e. The standard InChI is InChI=1S/C31H55N4O11PS/c1-25(2)47(39,48)46-27-8-6-26(7-9-27)22-28(31(38)34-12-15-45-21-18-42-5)35(23-29(36)32-10-13-43-19-16-40-3)24-30(37)33-11-14-44-20-17-41-4/h6-9,25,28H,10-24H2,1-5H3,(H,32,36)(H,33,37)(H,34,38)(H,39,48)/p-1. The van der Waals surface area contributed by atoms with Gasteiger partial charge in [0, 0.05) is 53.1 Å². The Morgan fingerprint density at radius 1 is 0.729 bits per heavy atom. The molecule has 0 aliphatic rings. The second kappa shape index (κ2) is 26.6. The summed E-state index contributed by atoms with van der Waals surface area (Å²) in [4.78, 5) is 53.9. The quantitative estimate of drug-likeness (QED) is 0.0726. The Bertz CT molecular complexity index is 1060. The normalized spacial score (nSPS) is 13.2. The van der Waals surface area contributed by atoms with Gasteiger partial charge in [0.2, 0.25) is 17.7 Å². The molecule has 1 aromatic rings. The molecule has 0 radical (unpaired) electrons. The molecule has 48 heavy (non-hydrogen) atoms. The van der Waals surface area contributed by atoms with Gasteiger partial charge in [-0.25, -0.2) is 0 Å². The van der Waals surface area contributed by atoms with Crippen molar-refractivity contribution in [3.8, 4) is 5.75 Å². The van der Waals surface area contributed by atoms with Crippen LogP contribution in [0.25, 0.3) is 0 Å². The summed E-state index contributed by atoms with van der Waals surface area (Å²) in [6, 6.07) is 5.79. The molecule has 0 saturated carbocycles. The maximum Gasteiger partial charge on any atom is 0.237 e. The molecule has 17 heteroatoms. The zero-order valence-electron chi connectivity index (χ0n) is 28.9. The highest BCUT2D eigenvalue weighted by Gasteiger charge is 2.29. The average molecular weight is 722 g/mol. The van der Waals surface area contributed by atoms with Gasteiger partial charge < -0.3 is 53.8 Å². The van der Waals surface area contributed by atoms with Crippen molar-refractivity contribution in [3.63, 3.8) is 0 Å². The van der Waals surface area contributed by atoms with Gasteiger partial charge in [-0.15, -0.1) is 0 Å². The minimum absolute atomic E-state index is 0.146. The van der Waals surface area contributed by atoms with Crippen molar-refractivity contribution in [1.82, 2.24) is 20.9 Å². The number of rotatable bonds is 29. The molecule has 3 amide bonds. The number of ether oxygens (including phenoxy) is 6. The molecule has 2 atom stereocenters. The Hall–Kier alpha value is -2.24. The van der Waals surface area contributed by atoms with E-state index in [2.05, 4.69) is 16.0 Å². The summed E-state index contributed by atoms with van der Waals surface area (Å²) in [7, 11) is 4.71. The van der Waals surface area contributed by atoms with Crippen molar-refractivity contribution in [1.29, 1.82) is 0 Å². The van der Waals surface area contributed by atoms with Gasteiger partial charge in [-0.2, -0.15) is 0 Å². The second-order valence-electron chi connectivity index (χ2n) is 10.8. The van der Waals surface area contributed by atoms with E-state index >= 15 is 0 Å². The van der Waals surface area contributed by atoms with Crippen molar-refractivity contribution in [2.45, 2.75) is 32.0 Å². The van der Waals surface area contributed by atoms with E-state index in [1.807, 2.05) is 0 Å². The number of nitrogens with zero attached hydrogens (tertiary/aromatic N) is 1. The third-order valence-electron chi connectivity index (χ3n) is 6.63. The smallest absolute Gasteiger partial charge is 0.237 e.